The van der Waals surface area contributed by atoms with Crippen LogP contribution < -0.4 is 20.3 Å². The summed E-state index contributed by atoms with van der Waals surface area (Å²) in [7, 11) is -2.04. The third kappa shape index (κ3) is 5.08. The molecular formula is C27H31ClF2N6O5S. The lowest BCUT2D eigenvalue weighted by molar-refractivity contribution is 0.0303. The Morgan fingerprint density at radius 3 is 2.60 bits per heavy atom. The standard InChI is InChI=1S/C27H31ClF2N6O5S/c1-33-6-4-17(5-7-33)27(29,30)18-12-24(28)32-25(13-18)34-8-10-35(11-9-34)42(38,39)19-2-3-20-22(14-19)40-16-21-23(15-31)41-26(37)36(20)21/h2-4,12-14,21,23H,5-11,15-16,31H2,1H3/t21-,23-/m0/s1. The summed E-state index contributed by atoms with van der Waals surface area (Å²) in [5.74, 6) is -2.66. The average Bonchev–Trinajstić information content (AvgIpc) is 3.32. The fraction of sp³-hybridized carbons (Fsp3) is 0.481. The summed E-state index contributed by atoms with van der Waals surface area (Å²) in [5.41, 5.74) is 5.94. The molecule has 5 heterocycles. The first-order valence-electron chi connectivity index (χ1n) is 13.6. The molecule has 2 N–H and O–H groups in total. The number of amides is 1. The van der Waals surface area contributed by atoms with E-state index in [-0.39, 0.29) is 84.5 Å². The van der Waals surface area contributed by atoms with Crippen molar-refractivity contribution in [3.8, 4) is 5.75 Å². The van der Waals surface area contributed by atoms with E-state index in [2.05, 4.69) is 4.98 Å². The Balaban J connectivity index is 1.17. The second-order valence-corrected chi connectivity index (χ2v) is 13.1. The van der Waals surface area contributed by atoms with E-state index in [0.717, 1.165) is 0 Å². The Bertz CT molecular complexity index is 1530. The summed E-state index contributed by atoms with van der Waals surface area (Å²) in [4.78, 5) is 21.9. The SMILES string of the molecule is CN1CC=C(C(F)(F)c2cc(Cl)nc(N3CCN(S(=O)(=O)c4ccc5c(c4)OC[C@H]4[C@H](CN)OC(=O)N54)CC3)c2)CC1. The molecule has 0 spiro atoms. The van der Waals surface area contributed by atoms with E-state index >= 15 is 8.78 Å². The van der Waals surface area contributed by atoms with Crippen molar-refractivity contribution in [1.29, 1.82) is 0 Å². The van der Waals surface area contributed by atoms with Crippen molar-refractivity contribution in [2.75, 3.05) is 69.3 Å². The predicted molar refractivity (Wildman–Crippen MR) is 152 cm³/mol. The zero-order chi connectivity index (χ0) is 29.8. The van der Waals surface area contributed by atoms with Gasteiger partial charge in [-0.2, -0.15) is 13.1 Å². The lowest BCUT2D eigenvalue weighted by Crippen LogP contribution is -2.49. The highest BCUT2D eigenvalue weighted by Crippen LogP contribution is 2.42. The highest BCUT2D eigenvalue weighted by molar-refractivity contribution is 7.89. The van der Waals surface area contributed by atoms with Crippen molar-refractivity contribution in [2.45, 2.75) is 29.4 Å². The lowest BCUT2D eigenvalue weighted by Gasteiger charge is -2.35. The molecule has 42 heavy (non-hydrogen) atoms. The normalized spacial score (nSPS) is 23.6. The van der Waals surface area contributed by atoms with Crippen molar-refractivity contribution in [3.63, 3.8) is 0 Å². The van der Waals surface area contributed by atoms with E-state index in [1.807, 2.05) is 11.9 Å². The summed E-state index contributed by atoms with van der Waals surface area (Å²) >= 11 is 6.18. The molecule has 226 valence electrons. The zero-order valence-corrected chi connectivity index (χ0v) is 24.5. The lowest BCUT2D eigenvalue weighted by atomic mass is 9.96. The van der Waals surface area contributed by atoms with Crippen LogP contribution in [0.2, 0.25) is 5.15 Å². The van der Waals surface area contributed by atoms with Gasteiger partial charge in [0.25, 0.3) is 5.92 Å². The fourth-order valence-electron chi connectivity index (χ4n) is 5.75. The van der Waals surface area contributed by atoms with Crippen LogP contribution in [0.15, 0.2) is 46.9 Å². The summed E-state index contributed by atoms with van der Waals surface area (Å²) in [5, 5.41) is -0.0540. The molecule has 0 bridgehead atoms. The maximum Gasteiger partial charge on any atom is 0.415 e. The minimum atomic E-state index is -3.92. The number of ether oxygens (including phenoxy) is 2. The minimum absolute atomic E-state index is 0.0188. The van der Waals surface area contributed by atoms with E-state index in [1.165, 1.54) is 39.5 Å². The van der Waals surface area contributed by atoms with Gasteiger partial charge in [-0.05, 0) is 37.7 Å². The second kappa shape index (κ2) is 10.9. The first-order valence-corrected chi connectivity index (χ1v) is 15.5. The number of benzene rings is 1. The van der Waals surface area contributed by atoms with E-state index in [9.17, 15) is 13.2 Å². The van der Waals surface area contributed by atoms with Crippen molar-refractivity contribution >= 4 is 39.2 Å². The molecule has 1 aromatic carbocycles. The number of aromatic nitrogens is 1. The maximum atomic E-state index is 15.4. The Labute approximate surface area is 247 Å². The molecule has 15 heteroatoms. The Morgan fingerprint density at radius 2 is 1.90 bits per heavy atom. The number of carbonyl (C=O) groups excluding carboxylic acids is 1. The van der Waals surface area contributed by atoms with Crippen molar-refractivity contribution in [3.05, 3.63) is 52.7 Å². The highest BCUT2D eigenvalue weighted by atomic mass is 35.5. The van der Waals surface area contributed by atoms with Gasteiger partial charge >= 0.3 is 6.09 Å². The van der Waals surface area contributed by atoms with E-state index in [0.29, 0.717) is 18.8 Å². The van der Waals surface area contributed by atoms with Gasteiger partial charge in [-0.25, -0.2) is 18.2 Å². The van der Waals surface area contributed by atoms with Crippen molar-refractivity contribution < 1.29 is 31.5 Å². The first-order chi connectivity index (χ1) is 20.0. The van der Waals surface area contributed by atoms with E-state index in [4.69, 9.17) is 26.8 Å². The number of halogens is 3. The van der Waals surface area contributed by atoms with Gasteiger partial charge in [-0.3, -0.25) is 4.90 Å². The van der Waals surface area contributed by atoms with Gasteiger partial charge < -0.3 is 25.0 Å². The number of cyclic esters (lactones) is 1. The molecule has 1 aromatic heterocycles. The molecule has 0 unspecified atom stereocenters. The quantitative estimate of drug-likeness (QED) is 0.382. The monoisotopic (exact) mass is 624 g/mol. The summed E-state index contributed by atoms with van der Waals surface area (Å²) in [6.45, 7) is 1.94. The molecule has 1 amide bonds. The molecule has 2 saturated heterocycles. The first kappa shape index (κ1) is 29.1. The van der Waals surface area contributed by atoms with Crippen LogP contribution in [0.1, 0.15) is 12.0 Å². The minimum Gasteiger partial charge on any atom is -0.489 e. The number of nitrogens with zero attached hydrogens (tertiary/aromatic N) is 5. The molecule has 11 nitrogen and oxygen atoms in total. The molecule has 2 aromatic rings. The Morgan fingerprint density at radius 1 is 1.14 bits per heavy atom. The number of anilines is 2. The van der Waals surface area contributed by atoms with Gasteiger partial charge in [-0.15, -0.1) is 0 Å². The van der Waals surface area contributed by atoms with Gasteiger partial charge in [-0.1, -0.05) is 17.7 Å². The molecule has 0 radical (unpaired) electrons. The molecule has 0 aliphatic carbocycles. The summed E-state index contributed by atoms with van der Waals surface area (Å²) in [6.07, 6.45) is 0.747. The van der Waals surface area contributed by atoms with Crippen LogP contribution in [0, 0.1) is 0 Å². The topological polar surface area (TPSA) is 122 Å². The van der Waals surface area contributed by atoms with Crippen LogP contribution >= 0.6 is 11.6 Å². The number of likely N-dealkylation sites (N-methyl/N-ethyl adjacent to an activating group) is 1. The van der Waals surface area contributed by atoms with Crippen LogP contribution in [0.25, 0.3) is 0 Å². The van der Waals surface area contributed by atoms with Crippen LogP contribution in [-0.2, 0) is 20.7 Å². The number of nitrogens with two attached hydrogens (primary N) is 1. The average molecular weight is 625 g/mol. The highest BCUT2D eigenvalue weighted by Gasteiger charge is 2.46. The molecule has 6 rings (SSSR count). The van der Waals surface area contributed by atoms with Crippen LogP contribution in [0.5, 0.6) is 5.75 Å². The van der Waals surface area contributed by atoms with Crippen molar-refractivity contribution in [2.24, 2.45) is 5.73 Å². The fourth-order valence-corrected chi connectivity index (χ4v) is 7.39. The van der Waals surface area contributed by atoms with Gasteiger partial charge in [0.15, 0.2) is 0 Å². The molecule has 2 atom stereocenters. The maximum absolute atomic E-state index is 15.4. The molecule has 0 saturated carbocycles. The number of rotatable bonds is 6. The second-order valence-electron chi connectivity index (χ2n) is 10.8. The predicted octanol–water partition coefficient (Wildman–Crippen LogP) is 2.64. The van der Waals surface area contributed by atoms with E-state index in [1.54, 1.807) is 11.0 Å². The smallest absolute Gasteiger partial charge is 0.415 e. The van der Waals surface area contributed by atoms with E-state index < -0.39 is 28.1 Å². The number of hydrogen-bond acceptors (Lipinski definition) is 9. The Hall–Kier alpha value is -3.04. The number of hydrogen-bond donors (Lipinski definition) is 1. The Kier molecular flexibility index (Phi) is 7.54. The van der Waals surface area contributed by atoms with Crippen LogP contribution in [-0.4, -0.2) is 100 Å². The largest absolute Gasteiger partial charge is 0.489 e. The number of pyridine rings is 1. The van der Waals surface area contributed by atoms with Crippen LogP contribution in [0.4, 0.5) is 25.1 Å². The molecule has 4 aliphatic heterocycles. The van der Waals surface area contributed by atoms with Crippen molar-refractivity contribution in [1.82, 2.24) is 14.2 Å². The zero-order valence-electron chi connectivity index (χ0n) is 22.9. The van der Waals surface area contributed by atoms with Gasteiger partial charge in [0.05, 0.1) is 10.6 Å². The number of sulfonamides is 1. The number of alkyl halides is 2. The summed E-state index contributed by atoms with van der Waals surface area (Å²) < 4.78 is 70.4. The number of fused-ring (bicyclic) bond motifs is 3. The molecular weight excluding hydrogens is 594 g/mol. The molecule has 2 fully saturated rings. The molecule has 4 aliphatic rings. The number of carbonyl (C=O) groups is 1. The summed E-state index contributed by atoms with van der Waals surface area (Å²) in [6, 6.07) is 6.50. The van der Waals surface area contributed by atoms with Crippen LogP contribution in [0.3, 0.4) is 0 Å². The third-order valence-corrected chi connectivity index (χ3v) is 10.3. The number of piperazine rings is 1. The van der Waals surface area contributed by atoms with Gasteiger partial charge in [0.2, 0.25) is 10.0 Å². The third-order valence-electron chi connectivity index (χ3n) is 8.20. The van der Waals surface area contributed by atoms with Gasteiger partial charge in [0, 0.05) is 63.0 Å². The van der Waals surface area contributed by atoms with Gasteiger partial charge in [0.1, 0.15) is 35.5 Å².